The number of halogens is 3. The highest BCUT2D eigenvalue weighted by molar-refractivity contribution is 5.96. The van der Waals surface area contributed by atoms with Gasteiger partial charge >= 0.3 is 6.18 Å². The number of nitrogens with one attached hydrogen (secondary N) is 2. The van der Waals surface area contributed by atoms with Gasteiger partial charge in [-0.25, -0.2) is 0 Å². The van der Waals surface area contributed by atoms with Crippen LogP contribution in [0.15, 0.2) is 24.3 Å². The van der Waals surface area contributed by atoms with E-state index in [1.165, 1.54) is 19.2 Å². The molecule has 0 spiro atoms. The van der Waals surface area contributed by atoms with Gasteiger partial charge in [-0.1, -0.05) is 0 Å². The average molecular weight is 327 g/mol. The SMILES string of the molecule is COc1ccc(-c2[nH]nc3c2C(O)(C(F)(F)F)CC(=O)N3)cc1. The molecule has 6 nitrogen and oxygen atoms in total. The van der Waals surface area contributed by atoms with Crippen LogP contribution in [0.4, 0.5) is 19.0 Å². The molecule has 1 aliphatic heterocycles. The molecule has 1 atom stereocenters. The lowest BCUT2D eigenvalue weighted by atomic mass is 9.85. The van der Waals surface area contributed by atoms with E-state index in [0.717, 1.165) is 0 Å². The number of aromatic amines is 1. The van der Waals surface area contributed by atoms with Crippen LogP contribution in [0.2, 0.25) is 0 Å². The van der Waals surface area contributed by atoms with Crippen LogP contribution in [0.5, 0.6) is 5.75 Å². The van der Waals surface area contributed by atoms with Crippen LogP contribution in [-0.4, -0.2) is 34.5 Å². The van der Waals surface area contributed by atoms with Crippen molar-refractivity contribution in [2.75, 3.05) is 12.4 Å². The third kappa shape index (κ3) is 2.33. The Labute approximate surface area is 128 Å². The summed E-state index contributed by atoms with van der Waals surface area (Å²) in [6, 6.07) is 6.19. The van der Waals surface area contributed by atoms with Crippen LogP contribution < -0.4 is 10.1 Å². The summed E-state index contributed by atoms with van der Waals surface area (Å²) < 4.78 is 45.1. The number of nitrogens with zero attached hydrogens (tertiary/aromatic N) is 1. The van der Waals surface area contributed by atoms with Crippen LogP contribution in [0.1, 0.15) is 12.0 Å². The highest BCUT2D eigenvalue weighted by Crippen LogP contribution is 2.49. The lowest BCUT2D eigenvalue weighted by Crippen LogP contribution is -2.48. The summed E-state index contributed by atoms with van der Waals surface area (Å²) in [5.74, 6) is -0.751. The molecule has 3 rings (SSSR count). The maximum Gasteiger partial charge on any atom is 0.422 e. The molecular formula is C14H12F3N3O3. The van der Waals surface area contributed by atoms with Crippen molar-refractivity contribution in [1.82, 2.24) is 10.2 Å². The Kier molecular flexibility index (Phi) is 3.33. The van der Waals surface area contributed by atoms with E-state index >= 15 is 0 Å². The first-order valence-electron chi connectivity index (χ1n) is 6.58. The van der Waals surface area contributed by atoms with Crippen molar-refractivity contribution < 1.29 is 27.8 Å². The summed E-state index contributed by atoms with van der Waals surface area (Å²) in [6.45, 7) is 0. The molecule has 122 valence electrons. The molecule has 1 amide bonds. The van der Waals surface area contributed by atoms with Gasteiger partial charge in [0.05, 0.1) is 24.8 Å². The third-order valence-electron chi connectivity index (χ3n) is 3.70. The summed E-state index contributed by atoms with van der Waals surface area (Å²) in [7, 11) is 1.46. The minimum atomic E-state index is -5.02. The first-order valence-corrected chi connectivity index (χ1v) is 6.58. The predicted octanol–water partition coefficient (Wildman–Crippen LogP) is 2.18. The number of alkyl halides is 3. The lowest BCUT2D eigenvalue weighted by Gasteiger charge is -2.33. The Morgan fingerprint density at radius 3 is 2.52 bits per heavy atom. The first kappa shape index (κ1) is 15.3. The fraction of sp³-hybridized carbons (Fsp3) is 0.286. The van der Waals surface area contributed by atoms with Crippen molar-refractivity contribution in [3.8, 4) is 17.0 Å². The van der Waals surface area contributed by atoms with Crippen molar-refractivity contribution in [3.05, 3.63) is 29.8 Å². The zero-order valence-electron chi connectivity index (χ0n) is 11.9. The van der Waals surface area contributed by atoms with Gasteiger partial charge in [0.2, 0.25) is 5.91 Å². The normalized spacial score (nSPS) is 20.8. The number of ether oxygens (including phenoxy) is 1. The molecule has 2 heterocycles. The number of methoxy groups -OCH3 is 1. The van der Waals surface area contributed by atoms with E-state index < -0.39 is 29.7 Å². The van der Waals surface area contributed by atoms with Crippen molar-refractivity contribution in [2.45, 2.75) is 18.2 Å². The van der Waals surface area contributed by atoms with Crippen molar-refractivity contribution in [2.24, 2.45) is 0 Å². The molecule has 2 aromatic rings. The number of hydrogen-bond acceptors (Lipinski definition) is 4. The summed E-state index contributed by atoms with van der Waals surface area (Å²) in [5.41, 5.74) is -3.43. The number of benzene rings is 1. The minimum Gasteiger partial charge on any atom is -0.497 e. The predicted molar refractivity (Wildman–Crippen MR) is 73.8 cm³/mol. The molecule has 23 heavy (non-hydrogen) atoms. The number of hydrogen-bond donors (Lipinski definition) is 3. The van der Waals surface area contributed by atoms with Gasteiger partial charge in [0, 0.05) is 5.56 Å². The number of rotatable bonds is 2. The topological polar surface area (TPSA) is 87.2 Å². The number of aromatic nitrogens is 2. The quantitative estimate of drug-likeness (QED) is 0.789. The number of fused-ring (bicyclic) bond motifs is 1. The van der Waals surface area contributed by atoms with Gasteiger partial charge in [-0.3, -0.25) is 9.89 Å². The molecule has 0 saturated heterocycles. The van der Waals surface area contributed by atoms with E-state index in [9.17, 15) is 23.1 Å². The van der Waals surface area contributed by atoms with Gasteiger partial charge in [0.25, 0.3) is 0 Å². The number of anilines is 1. The van der Waals surface area contributed by atoms with Gasteiger partial charge in [-0.2, -0.15) is 18.3 Å². The van der Waals surface area contributed by atoms with E-state index in [1.54, 1.807) is 12.1 Å². The second-order valence-electron chi connectivity index (χ2n) is 5.13. The molecule has 1 aromatic carbocycles. The fourth-order valence-electron chi connectivity index (χ4n) is 2.54. The van der Waals surface area contributed by atoms with Crippen molar-refractivity contribution >= 4 is 11.7 Å². The number of H-pyrrole nitrogens is 1. The molecule has 0 fully saturated rings. The molecule has 9 heteroatoms. The third-order valence-corrected chi connectivity index (χ3v) is 3.70. The summed E-state index contributed by atoms with van der Waals surface area (Å²) >= 11 is 0. The number of carbonyl (C=O) groups is 1. The highest BCUT2D eigenvalue weighted by Gasteiger charge is 2.60. The Hall–Kier alpha value is -2.55. The van der Waals surface area contributed by atoms with Gasteiger partial charge in [-0.15, -0.1) is 0 Å². The minimum absolute atomic E-state index is 0.0116. The molecule has 1 aliphatic rings. The summed E-state index contributed by atoms with van der Waals surface area (Å²) in [6.07, 6.45) is -6.14. The monoisotopic (exact) mass is 327 g/mol. The zero-order chi connectivity index (χ0) is 16.8. The Morgan fingerprint density at radius 1 is 1.30 bits per heavy atom. The van der Waals surface area contributed by atoms with E-state index in [0.29, 0.717) is 11.3 Å². The van der Waals surface area contributed by atoms with Crippen LogP contribution in [0.3, 0.4) is 0 Å². The zero-order valence-corrected chi connectivity index (χ0v) is 11.9. The molecular weight excluding hydrogens is 315 g/mol. The van der Waals surface area contributed by atoms with Gasteiger partial charge < -0.3 is 15.2 Å². The van der Waals surface area contributed by atoms with Crippen LogP contribution in [-0.2, 0) is 10.4 Å². The fourth-order valence-corrected chi connectivity index (χ4v) is 2.54. The van der Waals surface area contributed by atoms with Gasteiger partial charge in [0.1, 0.15) is 5.75 Å². The Bertz CT molecular complexity index is 755. The number of carbonyl (C=O) groups excluding carboxylic acids is 1. The molecule has 0 saturated carbocycles. The lowest BCUT2D eigenvalue weighted by molar-refractivity contribution is -0.267. The number of aliphatic hydroxyl groups is 1. The van der Waals surface area contributed by atoms with Gasteiger partial charge in [0.15, 0.2) is 11.4 Å². The molecule has 1 aromatic heterocycles. The molecule has 0 radical (unpaired) electrons. The van der Waals surface area contributed by atoms with Crippen molar-refractivity contribution in [3.63, 3.8) is 0 Å². The molecule has 0 bridgehead atoms. The maximum atomic E-state index is 13.4. The first-order chi connectivity index (χ1) is 10.8. The second-order valence-corrected chi connectivity index (χ2v) is 5.13. The molecule has 0 aliphatic carbocycles. The Balaban J connectivity index is 2.17. The Morgan fingerprint density at radius 2 is 1.96 bits per heavy atom. The van der Waals surface area contributed by atoms with Crippen LogP contribution in [0.25, 0.3) is 11.3 Å². The molecule has 3 N–H and O–H groups in total. The molecule has 1 unspecified atom stereocenters. The second kappa shape index (κ2) is 4.98. The van der Waals surface area contributed by atoms with E-state index in [4.69, 9.17) is 4.74 Å². The van der Waals surface area contributed by atoms with Crippen molar-refractivity contribution in [1.29, 1.82) is 0 Å². The maximum absolute atomic E-state index is 13.4. The van der Waals surface area contributed by atoms with Gasteiger partial charge in [-0.05, 0) is 24.3 Å². The summed E-state index contributed by atoms with van der Waals surface area (Å²) in [5, 5.41) is 18.6. The van der Waals surface area contributed by atoms with E-state index in [1.807, 2.05) is 0 Å². The smallest absolute Gasteiger partial charge is 0.422 e. The van der Waals surface area contributed by atoms with Crippen LogP contribution >= 0.6 is 0 Å². The largest absolute Gasteiger partial charge is 0.497 e. The number of amides is 1. The highest BCUT2D eigenvalue weighted by atomic mass is 19.4. The summed E-state index contributed by atoms with van der Waals surface area (Å²) in [4.78, 5) is 11.5. The standard InChI is InChI=1S/C14H12F3N3O3/c1-23-8-4-2-7(3-5-8)11-10-12(20-19-11)18-9(21)6-13(10,22)14(15,16)17/h2-5,22H,6H2,1H3,(H2,18,19,20,21). The average Bonchev–Trinajstić information content (AvgIpc) is 2.90. The van der Waals surface area contributed by atoms with E-state index in [2.05, 4.69) is 15.5 Å². The van der Waals surface area contributed by atoms with E-state index in [-0.39, 0.29) is 11.5 Å². The van der Waals surface area contributed by atoms with Crippen LogP contribution in [0, 0.1) is 0 Å².